The molecule has 0 aliphatic carbocycles. The molecule has 0 heterocycles. The van der Waals surface area contributed by atoms with Crippen molar-refractivity contribution in [1.29, 1.82) is 0 Å². The summed E-state index contributed by atoms with van der Waals surface area (Å²) >= 11 is -12.2. The molecule has 0 aromatic rings. The van der Waals surface area contributed by atoms with E-state index in [1.807, 2.05) is 0 Å². The average Bonchev–Trinajstić information content (AvgIpc) is 1.12. The van der Waals surface area contributed by atoms with Crippen LogP contribution in [0.1, 0.15) is 0 Å². The van der Waals surface area contributed by atoms with Crippen LogP contribution in [0.4, 0.5) is 0 Å². The molecule has 0 saturated carbocycles. The molecule has 0 N–H and O–H groups in total. The fraction of sp³-hybridized carbons (Fsp3) is 0. The van der Waals surface area contributed by atoms with Gasteiger partial charge in [0.15, 0.2) is 0 Å². The smallest absolute Gasteiger partial charge is 2.00 e. The Morgan fingerprint density at radius 1 is 0.538 bits per heavy atom. The zero-order chi connectivity index (χ0) is 9.00. The molecule has 0 aliphatic heterocycles. The van der Waals surface area contributed by atoms with Crippen LogP contribution in [0.5, 0.6) is 0 Å². The van der Waals surface area contributed by atoms with Crippen molar-refractivity contribution in [2.75, 3.05) is 0 Å². The molecule has 64 valence electrons. The van der Waals surface area contributed by atoms with Crippen molar-refractivity contribution in [2.45, 2.75) is 0 Å². The zero-order valence-corrected chi connectivity index (χ0v) is 21.8. The Balaban J connectivity index is -0.0000000267. The van der Waals surface area contributed by atoms with E-state index >= 15 is 0 Å². The fourth-order valence-corrected chi connectivity index (χ4v) is 0. The minimum atomic E-state index is -6.10. The summed E-state index contributed by atoms with van der Waals surface area (Å²) < 4.78 is 69.1. The van der Waals surface area contributed by atoms with Gasteiger partial charge in [-0.2, -0.15) is 0 Å². The van der Waals surface area contributed by atoms with E-state index < -0.39 is 40.1 Å². The van der Waals surface area contributed by atoms with Gasteiger partial charge in [-0.15, -0.1) is 0 Å². The van der Waals surface area contributed by atoms with Gasteiger partial charge in [-0.1, -0.05) is 0 Å². The number of hydrogen-bond donors (Lipinski definition) is 0. The first-order chi connectivity index (χ1) is 4.00. The minimum Gasteiger partial charge on any atom is 2.00 e. The second-order valence-corrected chi connectivity index (χ2v) is 6.00. The SMILES string of the molecule is [O]=[Sb]([O-])([O-])[O-].[O]=[Sb]([O-])([O-])[O-].[Sr+2].[Sr+2].[Sr+2]. The van der Waals surface area contributed by atoms with Gasteiger partial charge in [0, 0.05) is 0 Å². The van der Waals surface area contributed by atoms with Gasteiger partial charge in [0.1, 0.15) is 0 Å². The molecule has 0 rings (SSSR count). The maximum absolute atomic E-state index is 8.64. The first-order valence-electron chi connectivity index (χ1n) is 1.46. The van der Waals surface area contributed by atoms with Crippen LogP contribution in [0.15, 0.2) is 0 Å². The van der Waals surface area contributed by atoms with Crippen molar-refractivity contribution in [3.05, 3.63) is 0 Å². The van der Waals surface area contributed by atoms with Crippen molar-refractivity contribution in [3.63, 3.8) is 0 Å². The predicted molar refractivity (Wildman–Crippen MR) is 30.1 cm³/mol. The summed E-state index contributed by atoms with van der Waals surface area (Å²) in [5.41, 5.74) is 0. The van der Waals surface area contributed by atoms with Gasteiger partial charge in [-0.05, 0) is 0 Å². The molecular formula is O8Sb2Sr3. The quantitative estimate of drug-likeness (QED) is 0.237. The van der Waals surface area contributed by atoms with Gasteiger partial charge in [0.2, 0.25) is 0 Å². The minimum absolute atomic E-state index is 0. The molecular weight excluding hydrogens is 634 g/mol. The maximum atomic E-state index is 8.64. The second kappa shape index (κ2) is 15.5. The van der Waals surface area contributed by atoms with Crippen LogP contribution in [0.3, 0.4) is 0 Å². The van der Waals surface area contributed by atoms with Crippen LogP contribution in [0, 0.1) is 0 Å². The Kier molecular flexibility index (Phi) is 37.0. The molecule has 0 bridgehead atoms. The number of rotatable bonds is 0. The van der Waals surface area contributed by atoms with Gasteiger partial charge < -0.3 is 0 Å². The molecule has 0 radical (unpaired) electrons. The van der Waals surface area contributed by atoms with Crippen molar-refractivity contribution in [2.24, 2.45) is 0 Å². The Hall–Kier alpha value is 5.44. The summed E-state index contributed by atoms with van der Waals surface area (Å²) in [4.78, 5) is 0. The molecule has 0 amide bonds. The van der Waals surface area contributed by atoms with E-state index in [9.17, 15) is 0 Å². The van der Waals surface area contributed by atoms with Crippen LogP contribution >= 0.6 is 0 Å². The predicted octanol–water partition coefficient (Wildman–Crippen LogP) is -9.28. The summed E-state index contributed by atoms with van der Waals surface area (Å²) in [6.45, 7) is 0. The molecule has 0 aromatic carbocycles. The molecule has 0 fully saturated rings. The van der Waals surface area contributed by atoms with Gasteiger partial charge in [-0.3, -0.25) is 0 Å². The van der Waals surface area contributed by atoms with E-state index in [-0.39, 0.29) is 136 Å². The van der Waals surface area contributed by atoms with Crippen molar-refractivity contribution < 1.29 is 26.3 Å². The van der Waals surface area contributed by atoms with Crippen LogP contribution in [-0.2, 0) is 6.03 Å². The van der Waals surface area contributed by atoms with Crippen LogP contribution in [0.25, 0.3) is 0 Å². The average molecular weight is 634 g/mol. The molecule has 0 aliphatic rings. The maximum Gasteiger partial charge on any atom is 2.00 e. The molecule has 0 unspecified atom stereocenters. The molecule has 0 spiro atoms. The third kappa shape index (κ3) is 141. The molecule has 0 aromatic heterocycles. The summed E-state index contributed by atoms with van der Waals surface area (Å²) in [6, 6.07) is 0. The van der Waals surface area contributed by atoms with Crippen LogP contribution in [-0.4, -0.2) is 177 Å². The summed E-state index contributed by atoms with van der Waals surface area (Å²) in [5, 5.41) is 0. The first kappa shape index (κ1) is 31.0. The van der Waals surface area contributed by atoms with Crippen LogP contribution in [0.2, 0.25) is 0 Å². The van der Waals surface area contributed by atoms with Crippen molar-refractivity contribution in [3.8, 4) is 0 Å². The summed E-state index contributed by atoms with van der Waals surface area (Å²) in [7, 11) is 0. The van der Waals surface area contributed by atoms with Gasteiger partial charge >= 0.3 is 203 Å². The normalized spacial score (nSPS) is 9.08. The Bertz CT molecular complexity index is 130. The van der Waals surface area contributed by atoms with E-state index in [2.05, 4.69) is 0 Å². The fourth-order valence-electron chi connectivity index (χ4n) is 0. The van der Waals surface area contributed by atoms with Crippen molar-refractivity contribution >= 4 is 177 Å². The standard InChI is InChI=1S/8O.2Sb.3Sr/q;;6*-1;;;3*+2. The zero-order valence-electron chi connectivity index (χ0n) is 6.28. The molecule has 0 atom stereocenters. The van der Waals surface area contributed by atoms with E-state index in [0.29, 0.717) is 0 Å². The molecule has 0 saturated heterocycles. The second-order valence-electron chi connectivity index (χ2n) is 0.894. The summed E-state index contributed by atoms with van der Waals surface area (Å²) in [5.74, 6) is 0. The number of hydrogen-bond acceptors (Lipinski definition) is 8. The van der Waals surface area contributed by atoms with Crippen molar-refractivity contribution in [1.82, 2.24) is 0 Å². The Labute approximate surface area is 196 Å². The summed E-state index contributed by atoms with van der Waals surface area (Å²) in [6.07, 6.45) is 0. The van der Waals surface area contributed by atoms with E-state index in [1.165, 1.54) is 0 Å². The van der Waals surface area contributed by atoms with E-state index in [1.54, 1.807) is 0 Å². The third-order valence-corrected chi connectivity index (χ3v) is 0. The monoisotopic (exact) mass is 633 g/mol. The third-order valence-electron chi connectivity index (χ3n) is 0. The van der Waals surface area contributed by atoms with E-state index in [0.717, 1.165) is 0 Å². The molecule has 13 heavy (non-hydrogen) atoms. The topological polar surface area (TPSA) is 172 Å². The van der Waals surface area contributed by atoms with Crippen LogP contribution < -0.4 is 20.3 Å². The van der Waals surface area contributed by atoms with Gasteiger partial charge in [0.05, 0.1) is 0 Å². The molecule has 13 heteroatoms. The first-order valence-corrected chi connectivity index (χ1v) is 9.80. The van der Waals surface area contributed by atoms with Gasteiger partial charge in [-0.25, -0.2) is 0 Å². The molecule has 8 nitrogen and oxygen atoms in total. The van der Waals surface area contributed by atoms with E-state index in [4.69, 9.17) is 26.3 Å². The Morgan fingerprint density at radius 3 is 0.538 bits per heavy atom. The Morgan fingerprint density at radius 2 is 0.538 bits per heavy atom. The largest absolute Gasteiger partial charge is 2.00 e. The van der Waals surface area contributed by atoms with Gasteiger partial charge in [0.25, 0.3) is 0 Å².